The van der Waals surface area contributed by atoms with Crippen molar-refractivity contribution in [2.45, 2.75) is 0 Å². The second-order valence-corrected chi connectivity index (χ2v) is 4.57. The largest absolute Gasteiger partial charge is 0.426 e. The van der Waals surface area contributed by atoms with E-state index in [1.807, 2.05) is 0 Å². The first kappa shape index (κ1) is 10.4. The number of hydrogen-bond donors (Lipinski definition) is 0. The second kappa shape index (κ2) is 5.08. The van der Waals surface area contributed by atoms with Gasteiger partial charge in [0.2, 0.25) is 0 Å². The zero-order chi connectivity index (χ0) is 8.04. The minimum atomic E-state index is -0.411. The standard InChI is InChI=1S/C5H13NO2PS/c1-6(2,3)4-5-8-10-9-7/h4-5H2,1-3H3/q+1/p+1. The smallest absolute Gasteiger partial charge is 0.329 e. The highest BCUT2D eigenvalue weighted by atomic mass is 32.7. The highest BCUT2D eigenvalue weighted by molar-refractivity contribution is 8.43. The number of quaternary nitrogens is 1. The summed E-state index contributed by atoms with van der Waals surface area (Å²) in [6.07, 6.45) is 0. The van der Waals surface area contributed by atoms with Crippen LogP contribution in [0.25, 0.3) is 0 Å². The Kier molecular flexibility index (Phi) is 5.27. The van der Waals surface area contributed by atoms with Crippen LogP contribution in [0.15, 0.2) is 0 Å². The van der Waals surface area contributed by atoms with E-state index in [-0.39, 0.29) is 0 Å². The molecule has 0 saturated carbocycles. The molecular weight excluding hydrogens is 169 g/mol. The van der Waals surface area contributed by atoms with E-state index in [1.54, 1.807) is 0 Å². The fraction of sp³-hybridized carbons (Fsp3) is 1.00. The zero-order valence-electron chi connectivity index (χ0n) is 6.59. The van der Waals surface area contributed by atoms with Crippen LogP contribution in [0.2, 0.25) is 0 Å². The van der Waals surface area contributed by atoms with Gasteiger partial charge in [-0.3, -0.25) is 4.18 Å². The van der Waals surface area contributed by atoms with Crippen LogP contribution in [0.5, 0.6) is 0 Å². The van der Waals surface area contributed by atoms with Crippen molar-refractivity contribution in [1.82, 2.24) is 0 Å². The first-order chi connectivity index (χ1) is 4.56. The molecule has 0 aromatic rings. The van der Waals surface area contributed by atoms with E-state index in [2.05, 4.69) is 21.1 Å². The molecule has 0 fully saturated rings. The fourth-order valence-electron chi connectivity index (χ4n) is 0.377. The van der Waals surface area contributed by atoms with Crippen LogP contribution >= 0.6 is 19.3 Å². The number of nitrogens with zero attached hydrogens (tertiary/aromatic N) is 1. The molecule has 0 aliphatic carbocycles. The Morgan fingerprint density at radius 2 is 2.10 bits per heavy atom. The van der Waals surface area contributed by atoms with E-state index < -0.39 is 7.66 Å². The quantitative estimate of drug-likeness (QED) is 0.278. The van der Waals surface area contributed by atoms with Crippen LogP contribution in [0.1, 0.15) is 0 Å². The molecule has 10 heavy (non-hydrogen) atoms. The summed E-state index contributed by atoms with van der Waals surface area (Å²) < 4.78 is 15.8. The van der Waals surface area contributed by atoms with Gasteiger partial charge in [-0.25, -0.2) is 0 Å². The maximum atomic E-state index is 9.91. The molecule has 0 aliphatic heterocycles. The van der Waals surface area contributed by atoms with Crippen molar-refractivity contribution in [2.24, 2.45) is 0 Å². The summed E-state index contributed by atoms with van der Waals surface area (Å²) in [5.41, 5.74) is 0. The third kappa shape index (κ3) is 8.37. The molecule has 0 heterocycles. The van der Waals surface area contributed by atoms with E-state index in [4.69, 9.17) is 4.18 Å². The summed E-state index contributed by atoms with van der Waals surface area (Å²) in [5, 5.41) is 0. The average molecular weight is 183 g/mol. The maximum absolute atomic E-state index is 9.91. The molecule has 0 amide bonds. The van der Waals surface area contributed by atoms with E-state index in [1.165, 1.54) is 0 Å². The molecule has 0 N–H and O–H groups in total. The molecular formula is C5H14NO2PS+2. The Hall–Kier alpha value is 0.370. The van der Waals surface area contributed by atoms with Crippen LogP contribution in [0.4, 0.5) is 0 Å². The lowest BCUT2D eigenvalue weighted by molar-refractivity contribution is -0.870. The summed E-state index contributed by atoms with van der Waals surface area (Å²) >= 11 is 1.01. The second-order valence-electron chi connectivity index (χ2n) is 3.00. The van der Waals surface area contributed by atoms with Crippen molar-refractivity contribution in [3.05, 3.63) is 0 Å². The van der Waals surface area contributed by atoms with Gasteiger partial charge in [0.25, 0.3) is 11.7 Å². The van der Waals surface area contributed by atoms with Gasteiger partial charge in [-0.05, 0) is 0 Å². The van der Waals surface area contributed by atoms with E-state index in [9.17, 15) is 4.57 Å². The minimum absolute atomic E-state index is 0.411. The lowest BCUT2D eigenvalue weighted by Crippen LogP contribution is -2.37. The van der Waals surface area contributed by atoms with Crippen LogP contribution in [-0.4, -0.2) is 38.8 Å². The fourth-order valence-corrected chi connectivity index (χ4v) is 0.977. The molecule has 1 unspecified atom stereocenters. The Balaban J connectivity index is 3.12. The van der Waals surface area contributed by atoms with Crippen LogP contribution in [0.3, 0.4) is 0 Å². The Labute approximate surface area is 67.5 Å². The van der Waals surface area contributed by atoms with Gasteiger partial charge >= 0.3 is 7.66 Å². The molecule has 0 rings (SSSR count). The predicted molar refractivity (Wildman–Crippen MR) is 45.4 cm³/mol. The summed E-state index contributed by atoms with van der Waals surface area (Å²) in [4.78, 5) is 0. The van der Waals surface area contributed by atoms with Crippen LogP contribution in [-0.2, 0) is 8.75 Å². The number of rotatable bonds is 5. The van der Waals surface area contributed by atoms with Crippen molar-refractivity contribution in [2.75, 3.05) is 34.3 Å². The van der Waals surface area contributed by atoms with E-state index in [0.29, 0.717) is 6.61 Å². The highest BCUT2D eigenvalue weighted by Gasteiger charge is 2.06. The van der Waals surface area contributed by atoms with Gasteiger partial charge in [0, 0.05) is 0 Å². The van der Waals surface area contributed by atoms with Crippen LogP contribution < -0.4 is 0 Å². The molecule has 1 atom stereocenters. The Morgan fingerprint density at radius 1 is 1.50 bits per heavy atom. The third-order valence-electron chi connectivity index (χ3n) is 0.938. The number of hydrogen-bond acceptors (Lipinski definition) is 3. The Morgan fingerprint density at radius 3 is 2.50 bits per heavy atom. The molecule has 60 valence electrons. The number of likely N-dealkylation sites (N-methyl/N-ethyl adjacent to an activating group) is 1. The first-order valence-electron chi connectivity index (χ1n) is 3.02. The third-order valence-corrected chi connectivity index (χ3v) is 1.85. The maximum Gasteiger partial charge on any atom is 0.426 e. The summed E-state index contributed by atoms with van der Waals surface area (Å²) in [7, 11) is 5.86. The lowest BCUT2D eigenvalue weighted by atomic mass is 10.5. The van der Waals surface area contributed by atoms with Gasteiger partial charge < -0.3 is 4.48 Å². The highest BCUT2D eigenvalue weighted by Crippen LogP contribution is 2.17. The van der Waals surface area contributed by atoms with Crippen molar-refractivity contribution in [3.8, 4) is 0 Å². The summed E-state index contributed by atoms with van der Waals surface area (Å²) in [6, 6.07) is 0. The average Bonchev–Trinajstić information content (AvgIpc) is 1.78. The van der Waals surface area contributed by atoms with E-state index >= 15 is 0 Å². The van der Waals surface area contributed by atoms with Gasteiger partial charge in [0.1, 0.15) is 13.2 Å². The molecule has 0 aromatic heterocycles. The molecule has 0 bridgehead atoms. The first-order valence-corrected chi connectivity index (χ1v) is 5.40. The topological polar surface area (TPSA) is 26.3 Å². The van der Waals surface area contributed by atoms with Gasteiger partial charge in [0.05, 0.1) is 21.1 Å². The summed E-state index contributed by atoms with van der Waals surface area (Å²) in [5.74, 6) is 0. The molecule has 0 saturated heterocycles. The molecule has 0 aliphatic rings. The predicted octanol–water partition coefficient (Wildman–Crippen LogP) is 1.30. The molecule has 5 heteroatoms. The van der Waals surface area contributed by atoms with Gasteiger partial charge in [0.15, 0.2) is 0 Å². The molecule has 0 spiro atoms. The normalized spacial score (nSPS) is 12.3. The lowest BCUT2D eigenvalue weighted by Gasteiger charge is -2.22. The van der Waals surface area contributed by atoms with Gasteiger partial charge in [-0.2, -0.15) is 0 Å². The minimum Gasteiger partial charge on any atom is -0.329 e. The summed E-state index contributed by atoms with van der Waals surface area (Å²) in [6.45, 7) is 1.60. The van der Waals surface area contributed by atoms with Crippen LogP contribution in [0, 0.1) is 0 Å². The van der Waals surface area contributed by atoms with Gasteiger partial charge in [-0.1, -0.05) is 4.57 Å². The van der Waals surface area contributed by atoms with Crippen molar-refractivity contribution in [1.29, 1.82) is 0 Å². The van der Waals surface area contributed by atoms with Crippen molar-refractivity contribution in [3.63, 3.8) is 0 Å². The van der Waals surface area contributed by atoms with Crippen molar-refractivity contribution >= 4 is 19.3 Å². The molecule has 0 radical (unpaired) electrons. The zero-order valence-corrected chi connectivity index (χ0v) is 8.40. The van der Waals surface area contributed by atoms with E-state index in [0.717, 1.165) is 22.7 Å². The van der Waals surface area contributed by atoms with Crippen molar-refractivity contribution < 1.29 is 13.2 Å². The van der Waals surface area contributed by atoms with Gasteiger partial charge in [-0.15, -0.1) is 0 Å². The Bertz CT molecular complexity index is 104. The SMILES string of the molecule is C[N+](C)(C)CCOS[PH+]=O. The molecule has 3 nitrogen and oxygen atoms in total. The monoisotopic (exact) mass is 183 g/mol. The molecule has 0 aromatic carbocycles.